The number of hydrogen-bond donors (Lipinski definition) is 1. The van der Waals surface area contributed by atoms with Crippen LogP contribution in [0.1, 0.15) is 99.1 Å². The molecule has 0 radical (unpaired) electrons. The first-order chi connectivity index (χ1) is 26.6. The number of piperidine rings is 3. The topological polar surface area (TPSA) is 143 Å². The van der Waals surface area contributed by atoms with Gasteiger partial charge in [-0.1, -0.05) is 11.6 Å². The summed E-state index contributed by atoms with van der Waals surface area (Å²) >= 11 is 6.22. The largest absolute Gasteiger partial charge is 0.490 e. The third kappa shape index (κ3) is 6.53. The Balaban J connectivity index is 0.761. The summed E-state index contributed by atoms with van der Waals surface area (Å²) in [7, 11) is 0. The third-order valence-electron chi connectivity index (χ3n) is 12.4. The summed E-state index contributed by atoms with van der Waals surface area (Å²) in [6, 6.07) is 18.2. The van der Waals surface area contributed by atoms with E-state index in [4.69, 9.17) is 21.6 Å². The minimum Gasteiger partial charge on any atom is -0.490 e. The van der Waals surface area contributed by atoms with Crippen molar-refractivity contribution in [3.63, 3.8) is 0 Å². The lowest BCUT2D eigenvalue weighted by molar-refractivity contribution is -0.136. The smallest absolute Gasteiger partial charge is 0.262 e. The first kappa shape index (κ1) is 35.5. The quantitative estimate of drug-likeness (QED) is 0.327. The van der Waals surface area contributed by atoms with Crippen molar-refractivity contribution >= 4 is 46.8 Å². The van der Waals surface area contributed by atoms with Crippen LogP contribution in [0.4, 0.5) is 5.69 Å². The van der Waals surface area contributed by atoms with Crippen LogP contribution in [0.3, 0.4) is 0 Å². The van der Waals surface area contributed by atoms with Gasteiger partial charge in [-0.05, 0) is 97.7 Å². The van der Waals surface area contributed by atoms with Crippen LogP contribution in [0, 0.1) is 17.2 Å². The summed E-state index contributed by atoms with van der Waals surface area (Å²) in [5, 5.41) is 11.8. The van der Waals surface area contributed by atoms with Crippen LogP contribution in [0.25, 0.3) is 0 Å². The number of halogens is 1. The van der Waals surface area contributed by atoms with Crippen molar-refractivity contribution < 1.29 is 28.7 Å². The Kier molecular flexibility index (Phi) is 9.10. The number of nitrogens with zero attached hydrogens (tertiary/aromatic N) is 5. The van der Waals surface area contributed by atoms with E-state index in [1.165, 1.54) is 0 Å². The molecular weight excluding hydrogens is 720 g/mol. The zero-order valence-electron chi connectivity index (χ0n) is 30.3. The lowest BCUT2D eigenvalue weighted by atomic mass is 9.95. The van der Waals surface area contributed by atoms with Crippen molar-refractivity contribution in [1.29, 1.82) is 5.26 Å². The number of amides is 5. The van der Waals surface area contributed by atoms with Gasteiger partial charge in [0.05, 0.1) is 21.7 Å². The second-order valence-corrected chi connectivity index (χ2v) is 16.2. The average molecular weight is 761 g/mol. The van der Waals surface area contributed by atoms with Crippen LogP contribution in [-0.2, 0) is 22.7 Å². The van der Waals surface area contributed by atoms with Gasteiger partial charge in [0.15, 0.2) is 0 Å². The number of rotatable bonds is 7. The molecule has 1 N–H and O–H groups in total. The molecule has 4 fully saturated rings. The fraction of sp³-hybridized carbons (Fsp3) is 0.429. The number of imide groups is 2. The van der Waals surface area contributed by atoms with Crippen molar-refractivity contribution in [2.75, 3.05) is 24.5 Å². The van der Waals surface area contributed by atoms with Crippen LogP contribution in [0.2, 0.25) is 5.02 Å². The molecule has 0 saturated carbocycles. The summed E-state index contributed by atoms with van der Waals surface area (Å²) in [6.07, 6.45) is 5.78. The van der Waals surface area contributed by atoms with Crippen molar-refractivity contribution in [3.8, 4) is 11.8 Å². The summed E-state index contributed by atoms with van der Waals surface area (Å²) in [5.41, 5.74) is 5.00. The van der Waals surface area contributed by atoms with Gasteiger partial charge < -0.3 is 14.5 Å². The number of hydrogen-bond acceptors (Lipinski definition) is 9. The zero-order valence-corrected chi connectivity index (χ0v) is 31.1. The number of nitriles is 1. The molecule has 3 aromatic rings. The van der Waals surface area contributed by atoms with Gasteiger partial charge in [-0.3, -0.25) is 39.1 Å². The molecule has 55 heavy (non-hydrogen) atoms. The van der Waals surface area contributed by atoms with Crippen molar-refractivity contribution in [1.82, 2.24) is 20.0 Å². The van der Waals surface area contributed by atoms with E-state index >= 15 is 0 Å². The van der Waals surface area contributed by atoms with Crippen molar-refractivity contribution in [2.24, 2.45) is 5.92 Å². The minimum absolute atomic E-state index is 0.00585. The summed E-state index contributed by atoms with van der Waals surface area (Å²) < 4.78 is 6.26. The molecule has 12 nitrogen and oxygen atoms in total. The van der Waals surface area contributed by atoms with Gasteiger partial charge in [0.25, 0.3) is 17.7 Å². The van der Waals surface area contributed by atoms with Crippen LogP contribution in [0.15, 0.2) is 54.6 Å². The summed E-state index contributed by atoms with van der Waals surface area (Å²) in [6.45, 7) is 4.19. The first-order valence-electron chi connectivity index (χ1n) is 19.3. The first-order valence-corrected chi connectivity index (χ1v) is 19.6. The van der Waals surface area contributed by atoms with Gasteiger partial charge >= 0.3 is 0 Å². The predicted octanol–water partition coefficient (Wildman–Crippen LogP) is 5.06. The van der Waals surface area contributed by atoms with Crippen LogP contribution < -0.4 is 15.0 Å². The summed E-state index contributed by atoms with van der Waals surface area (Å²) in [4.78, 5) is 72.3. The maximum Gasteiger partial charge on any atom is 0.262 e. The molecule has 6 aliphatic heterocycles. The Morgan fingerprint density at radius 3 is 2.11 bits per heavy atom. The molecule has 3 atom stereocenters. The number of carbonyl (C=O) groups excluding carboxylic acids is 5. The number of nitrogens with one attached hydrogen (secondary N) is 1. The van der Waals surface area contributed by atoms with Gasteiger partial charge in [0.2, 0.25) is 11.8 Å². The fourth-order valence-corrected chi connectivity index (χ4v) is 9.89. The number of carbonyl (C=O) groups is 5. The molecule has 6 aliphatic rings. The lowest BCUT2D eigenvalue weighted by Gasteiger charge is -2.39. The van der Waals surface area contributed by atoms with Crippen molar-refractivity contribution in [2.45, 2.75) is 88.7 Å². The normalized spacial score (nSPS) is 25.2. The summed E-state index contributed by atoms with van der Waals surface area (Å²) in [5.74, 6) is -0.676. The number of anilines is 1. The highest BCUT2D eigenvalue weighted by atomic mass is 35.5. The van der Waals surface area contributed by atoms with E-state index in [1.807, 2.05) is 24.3 Å². The molecule has 0 spiro atoms. The Bertz CT molecular complexity index is 2100. The molecule has 6 heterocycles. The van der Waals surface area contributed by atoms with E-state index in [2.05, 4.69) is 38.2 Å². The molecule has 13 heteroatoms. The second-order valence-electron chi connectivity index (χ2n) is 15.8. The monoisotopic (exact) mass is 760 g/mol. The molecule has 4 saturated heterocycles. The van der Waals surface area contributed by atoms with Crippen LogP contribution in [0.5, 0.6) is 5.75 Å². The molecule has 9 rings (SSSR count). The Morgan fingerprint density at radius 1 is 0.855 bits per heavy atom. The van der Waals surface area contributed by atoms with E-state index in [1.54, 1.807) is 18.2 Å². The zero-order chi connectivity index (χ0) is 38.0. The minimum atomic E-state index is -0.961. The lowest BCUT2D eigenvalue weighted by Crippen LogP contribution is -2.54. The van der Waals surface area contributed by atoms with E-state index in [9.17, 15) is 24.0 Å². The Hall–Kier alpha value is -5.25. The second kappa shape index (κ2) is 14.1. The molecule has 3 aromatic carbocycles. The maximum atomic E-state index is 13.8. The van der Waals surface area contributed by atoms with Gasteiger partial charge in [-0.15, -0.1) is 0 Å². The Labute approximate surface area is 323 Å². The van der Waals surface area contributed by atoms with Gasteiger partial charge in [0, 0.05) is 81.4 Å². The highest BCUT2D eigenvalue weighted by Gasteiger charge is 2.46. The maximum absolute atomic E-state index is 13.8. The highest BCUT2D eigenvalue weighted by Crippen LogP contribution is 2.39. The number of benzene rings is 3. The predicted molar refractivity (Wildman–Crippen MR) is 201 cm³/mol. The van der Waals surface area contributed by atoms with E-state index < -0.39 is 23.8 Å². The standard InChI is InChI=1S/C42H41ClN6O6/c43-36-19-32(8-3-26(36)20-44)55-33-17-30-6-7-31(18-33)48(30)40(52)25-1-4-29(5-2-25)47-13-11-24(12-14-47)21-46-22-27-15-34-35(16-28(27)23-46)42(54)49(41(34)53)37-9-10-38(50)45-39(37)51/h1-5,8,15-16,19,24,30-31,33,37H,6-7,9-14,17-18,21-23H2,(H,45,50,51). The van der Waals surface area contributed by atoms with Gasteiger partial charge in [0.1, 0.15) is 24.0 Å². The van der Waals surface area contributed by atoms with E-state index in [-0.39, 0.29) is 42.8 Å². The molecular formula is C42H41ClN6O6. The highest BCUT2D eigenvalue weighted by molar-refractivity contribution is 6.31. The SMILES string of the molecule is N#Cc1ccc(OC2CC3CCC(C2)N3C(=O)c2ccc(N3CCC(CN4Cc5cc6c(cc5C4)C(=O)N(C4CCC(=O)NC4=O)C6=O)CC3)cc2)cc1Cl. The molecule has 5 amide bonds. The average Bonchev–Trinajstić information content (AvgIpc) is 3.78. The fourth-order valence-electron chi connectivity index (χ4n) is 9.68. The third-order valence-corrected chi connectivity index (χ3v) is 12.8. The van der Waals surface area contributed by atoms with Gasteiger partial charge in [-0.2, -0.15) is 5.26 Å². The molecule has 3 unspecified atom stereocenters. The molecule has 2 bridgehead atoms. The number of ether oxygens (including phenoxy) is 1. The number of fused-ring (bicyclic) bond motifs is 4. The van der Waals surface area contributed by atoms with E-state index in [0.717, 1.165) is 79.9 Å². The molecule has 0 aromatic heterocycles. The van der Waals surface area contributed by atoms with Gasteiger partial charge in [-0.25, -0.2) is 0 Å². The van der Waals surface area contributed by atoms with Crippen LogP contribution >= 0.6 is 11.6 Å². The van der Waals surface area contributed by atoms with Crippen molar-refractivity contribution in [3.05, 3.63) is 93.0 Å². The van der Waals surface area contributed by atoms with E-state index in [0.29, 0.717) is 52.0 Å². The Morgan fingerprint density at radius 2 is 1.51 bits per heavy atom. The molecule has 0 aliphatic carbocycles. The van der Waals surface area contributed by atoms with Crippen LogP contribution in [-0.4, -0.2) is 88.1 Å². The molecule has 282 valence electrons.